The largest absolute Gasteiger partial charge is 0.438 e. The van der Waals surface area contributed by atoms with Crippen molar-refractivity contribution in [1.29, 1.82) is 5.26 Å². The molecule has 2 aliphatic heterocycles. The second-order valence-corrected chi connectivity index (χ2v) is 10.3. The van der Waals surface area contributed by atoms with E-state index in [0.29, 0.717) is 45.8 Å². The summed E-state index contributed by atoms with van der Waals surface area (Å²) in [7, 11) is 0. The first-order chi connectivity index (χ1) is 17.8. The van der Waals surface area contributed by atoms with E-state index < -0.39 is 5.91 Å². The Kier molecular flexibility index (Phi) is 7.00. The summed E-state index contributed by atoms with van der Waals surface area (Å²) in [4.78, 5) is 23.0. The standard InChI is InChI=1S/C28H29ClN6O2/c1-16-9-18(14-30)10-17(2)26(16)37-25-7-8-32-28(34-25)33-21-12-22-5-6-23(13-21)35(22)15-20-4-3-19(27(31)36)11-24(20)29/h3-4,7-11,21-23H,5-6,12-13,15H2,1-2H3,(H2,31,36)(H,32,33,34)/t22-,23-/m1/s1. The Morgan fingerprint density at radius 2 is 1.89 bits per heavy atom. The van der Waals surface area contributed by atoms with E-state index in [2.05, 4.69) is 26.3 Å². The highest BCUT2D eigenvalue weighted by atomic mass is 35.5. The molecule has 8 nitrogen and oxygen atoms in total. The highest BCUT2D eigenvalue weighted by Gasteiger charge is 2.41. The number of benzene rings is 2. The molecule has 1 aromatic heterocycles. The highest BCUT2D eigenvalue weighted by Crippen LogP contribution is 2.38. The minimum absolute atomic E-state index is 0.259. The van der Waals surface area contributed by atoms with Gasteiger partial charge in [0.05, 0.1) is 11.6 Å². The zero-order valence-corrected chi connectivity index (χ0v) is 21.6. The number of nitriles is 1. The molecule has 3 heterocycles. The third-order valence-electron chi connectivity index (χ3n) is 7.33. The lowest BCUT2D eigenvalue weighted by atomic mass is 9.96. The number of amides is 1. The molecule has 0 spiro atoms. The minimum Gasteiger partial charge on any atom is -0.438 e. The Labute approximate surface area is 221 Å². The number of carbonyl (C=O) groups excluding carboxylic acids is 1. The summed E-state index contributed by atoms with van der Waals surface area (Å²) in [6, 6.07) is 14.0. The number of primary amides is 1. The maximum absolute atomic E-state index is 11.4. The molecule has 0 saturated carbocycles. The maximum atomic E-state index is 11.4. The number of fused-ring (bicyclic) bond motifs is 2. The third-order valence-corrected chi connectivity index (χ3v) is 7.69. The quantitative estimate of drug-likeness (QED) is 0.447. The van der Waals surface area contributed by atoms with Gasteiger partial charge in [0, 0.05) is 47.5 Å². The molecule has 1 amide bonds. The van der Waals surface area contributed by atoms with Crippen molar-refractivity contribution in [3.05, 3.63) is 75.4 Å². The van der Waals surface area contributed by atoms with Crippen LogP contribution in [0.15, 0.2) is 42.6 Å². The van der Waals surface area contributed by atoms with Crippen LogP contribution < -0.4 is 15.8 Å². The molecule has 2 aromatic carbocycles. The van der Waals surface area contributed by atoms with E-state index in [9.17, 15) is 10.1 Å². The normalized spacial score (nSPS) is 20.9. The number of piperidine rings is 1. The van der Waals surface area contributed by atoms with Crippen molar-refractivity contribution in [3.63, 3.8) is 0 Å². The monoisotopic (exact) mass is 516 g/mol. The van der Waals surface area contributed by atoms with Gasteiger partial charge in [-0.25, -0.2) is 4.98 Å². The lowest BCUT2D eigenvalue weighted by Gasteiger charge is -2.39. The summed E-state index contributed by atoms with van der Waals surface area (Å²) in [6.45, 7) is 4.60. The lowest BCUT2D eigenvalue weighted by Crippen LogP contribution is -2.46. The molecule has 3 N–H and O–H groups in total. The Morgan fingerprint density at radius 3 is 2.51 bits per heavy atom. The van der Waals surface area contributed by atoms with Crippen LogP contribution in [0.25, 0.3) is 0 Å². The molecule has 9 heteroatoms. The van der Waals surface area contributed by atoms with Gasteiger partial charge in [-0.1, -0.05) is 17.7 Å². The zero-order chi connectivity index (χ0) is 26.1. The van der Waals surface area contributed by atoms with E-state index in [0.717, 1.165) is 48.9 Å². The molecule has 2 atom stereocenters. The number of hydrogen-bond acceptors (Lipinski definition) is 7. The van der Waals surface area contributed by atoms with Gasteiger partial charge in [0.1, 0.15) is 5.75 Å². The number of nitrogens with two attached hydrogens (primary N) is 1. The van der Waals surface area contributed by atoms with Crippen LogP contribution in [0.5, 0.6) is 11.6 Å². The van der Waals surface area contributed by atoms with E-state index in [4.69, 9.17) is 22.1 Å². The second kappa shape index (κ2) is 10.4. The molecule has 0 aliphatic carbocycles. The fourth-order valence-electron chi connectivity index (χ4n) is 5.61. The second-order valence-electron chi connectivity index (χ2n) is 9.91. The molecule has 2 aliphatic rings. The van der Waals surface area contributed by atoms with E-state index in [1.54, 1.807) is 24.4 Å². The molecule has 2 saturated heterocycles. The molecular formula is C28H29ClN6O2. The topological polar surface area (TPSA) is 117 Å². The van der Waals surface area contributed by atoms with Crippen LogP contribution in [0.4, 0.5) is 5.95 Å². The van der Waals surface area contributed by atoms with Gasteiger partial charge in [0.2, 0.25) is 17.7 Å². The van der Waals surface area contributed by atoms with Crippen molar-refractivity contribution in [2.75, 3.05) is 5.32 Å². The zero-order valence-electron chi connectivity index (χ0n) is 20.9. The fraction of sp³-hybridized carbons (Fsp3) is 0.357. The summed E-state index contributed by atoms with van der Waals surface area (Å²) >= 11 is 6.46. The number of halogens is 1. The van der Waals surface area contributed by atoms with Crippen molar-refractivity contribution in [1.82, 2.24) is 14.9 Å². The van der Waals surface area contributed by atoms with Gasteiger partial charge in [-0.3, -0.25) is 9.69 Å². The maximum Gasteiger partial charge on any atom is 0.248 e. The van der Waals surface area contributed by atoms with Crippen LogP contribution in [0.3, 0.4) is 0 Å². The number of hydrogen-bond donors (Lipinski definition) is 2. The summed E-state index contributed by atoms with van der Waals surface area (Å²) in [5.41, 5.74) is 9.20. The summed E-state index contributed by atoms with van der Waals surface area (Å²) in [5, 5.41) is 13.3. The van der Waals surface area contributed by atoms with Crippen LogP contribution in [0.1, 0.15) is 58.3 Å². The Hall–Kier alpha value is -3.67. The highest BCUT2D eigenvalue weighted by molar-refractivity contribution is 6.31. The average molecular weight is 517 g/mol. The predicted octanol–water partition coefficient (Wildman–Crippen LogP) is 5.12. The van der Waals surface area contributed by atoms with Gasteiger partial charge in [0.15, 0.2) is 0 Å². The average Bonchev–Trinajstić information content (AvgIpc) is 3.09. The molecule has 5 rings (SSSR count). The molecule has 37 heavy (non-hydrogen) atoms. The lowest BCUT2D eigenvalue weighted by molar-refractivity contribution is 0.1000. The molecule has 0 unspecified atom stereocenters. The van der Waals surface area contributed by atoms with Gasteiger partial charge in [-0.05, 0) is 80.5 Å². The smallest absolute Gasteiger partial charge is 0.248 e. The number of anilines is 1. The Bertz CT molecular complexity index is 1350. The summed E-state index contributed by atoms with van der Waals surface area (Å²) in [5.74, 6) is 1.24. The Balaban J connectivity index is 1.24. The number of ether oxygens (including phenoxy) is 1. The van der Waals surface area contributed by atoms with E-state index in [1.807, 2.05) is 32.0 Å². The minimum atomic E-state index is -0.473. The van der Waals surface area contributed by atoms with Crippen LogP contribution in [-0.4, -0.2) is 38.9 Å². The SMILES string of the molecule is Cc1cc(C#N)cc(C)c1Oc1ccnc(NC2C[C@H]3CC[C@H](C2)N3Cc2ccc(C(N)=O)cc2Cl)n1. The van der Waals surface area contributed by atoms with Gasteiger partial charge in [0.25, 0.3) is 0 Å². The fourth-order valence-corrected chi connectivity index (χ4v) is 5.85. The predicted molar refractivity (Wildman–Crippen MR) is 142 cm³/mol. The molecule has 0 radical (unpaired) electrons. The number of nitrogens with one attached hydrogen (secondary N) is 1. The summed E-state index contributed by atoms with van der Waals surface area (Å²) in [6.07, 6.45) is 5.94. The number of rotatable bonds is 7. The molecule has 2 bridgehead atoms. The number of aryl methyl sites for hydroxylation is 2. The van der Waals surface area contributed by atoms with Gasteiger partial charge in [-0.2, -0.15) is 10.2 Å². The summed E-state index contributed by atoms with van der Waals surface area (Å²) < 4.78 is 6.09. The first-order valence-electron chi connectivity index (χ1n) is 12.4. The van der Waals surface area contributed by atoms with Crippen molar-refractivity contribution in [2.24, 2.45) is 5.73 Å². The van der Waals surface area contributed by atoms with Crippen LogP contribution in [0.2, 0.25) is 5.02 Å². The van der Waals surface area contributed by atoms with E-state index in [-0.39, 0.29) is 6.04 Å². The van der Waals surface area contributed by atoms with Gasteiger partial charge < -0.3 is 15.8 Å². The molecular weight excluding hydrogens is 488 g/mol. The number of nitrogens with zero attached hydrogens (tertiary/aromatic N) is 4. The Morgan fingerprint density at radius 1 is 1.19 bits per heavy atom. The first-order valence-corrected chi connectivity index (χ1v) is 12.8. The van der Waals surface area contributed by atoms with E-state index >= 15 is 0 Å². The van der Waals surface area contributed by atoms with Crippen LogP contribution in [-0.2, 0) is 6.54 Å². The van der Waals surface area contributed by atoms with Crippen molar-refractivity contribution >= 4 is 23.5 Å². The van der Waals surface area contributed by atoms with Crippen LogP contribution >= 0.6 is 11.6 Å². The van der Waals surface area contributed by atoms with Crippen molar-refractivity contribution < 1.29 is 9.53 Å². The molecule has 190 valence electrons. The van der Waals surface area contributed by atoms with Crippen LogP contribution in [0, 0.1) is 25.2 Å². The van der Waals surface area contributed by atoms with Gasteiger partial charge >= 0.3 is 0 Å². The van der Waals surface area contributed by atoms with E-state index in [1.165, 1.54) is 0 Å². The molecule has 2 fully saturated rings. The number of aromatic nitrogens is 2. The van der Waals surface area contributed by atoms with Crippen molar-refractivity contribution in [2.45, 2.75) is 64.2 Å². The third kappa shape index (κ3) is 5.38. The number of carbonyl (C=O) groups is 1. The first kappa shape index (κ1) is 25.0. The van der Waals surface area contributed by atoms with Gasteiger partial charge in [-0.15, -0.1) is 0 Å². The van der Waals surface area contributed by atoms with Crippen molar-refractivity contribution in [3.8, 4) is 17.7 Å². The molecule has 3 aromatic rings.